The highest BCUT2D eigenvalue weighted by molar-refractivity contribution is 5.83. The van der Waals surface area contributed by atoms with Crippen LogP contribution in [0.2, 0.25) is 0 Å². The summed E-state index contributed by atoms with van der Waals surface area (Å²) in [5, 5.41) is 24.0. The molecule has 0 aromatic heterocycles. The quantitative estimate of drug-likeness (QED) is 0.571. The molecule has 0 saturated carbocycles. The molecule has 0 spiro atoms. The molecule has 0 bridgehead atoms. The molecule has 1 aromatic carbocycles. The molecular formula is C15H22N2O4. The van der Waals surface area contributed by atoms with Gasteiger partial charge in [-0.25, -0.2) is 4.79 Å². The smallest absolute Gasteiger partial charge is 0.326 e. The number of hydrogen-bond acceptors (Lipinski definition) is 4. The monoisotopic (exact) mass is 294 g/mol. The van der Waals surface area contributed by atoms with Crippen LogP contribution in [0.5, 0.6) is 5.75 Å². The Morgan fingerprint density at radius 3 is 2.33 bits per heavy atom. The van der Waals surface area contributed by atoms with Gasteiger partial charge in [0.05, 0.1) is 0 Å². The zero-order chi connectivity index (χ0) is 15.8. The number of aromatic hydroxyl groups is 1. The van der Waals surface area contributed by atoms with Crippen molar-refractivity contribution in [1.29, 1.82) is 0 Å². The van der Waals surface area contributed by atoms with E-state index in [0.29, 0.717) is 6.54 Å². The van der Waals surface area contributed by atoms with E-state index in [1.165, 1.54) is 12.1 Å². The second-order valence-electron chi connectivity index (χ2n) is 5.19. The van der Waals surface area contributed by atoms with Crippen LogP contribution in [0.3, 0.4) is 0 Å². The van der Waals surface area contributed by atoms with E-state index in [0.717, 1.165) is 5.56 Å². The predicted molar refractivity (Wildman–Crippen MR) is 79.1 cm³/mol. The standard InChI is InChI=1S/C15H22N2O4/c1-10(2)16-8-7-14(19)17-13(15(20)21)9-11-3-5-12(18)6-4-11/h3-6,10,13,16,18H,7-9H2,1-2H3,(H,17,19)(H,20,21). The van der Waals surface area contributed by atoms with Crippen molar-refractivity contribution < 1.29 is 19.8 Å². The summed E-state index contributed by atoms with van der Waals surface area (Å²) < 4.78 is 0. The predicted octanol–water partition coefficient (Wildman–Crippen LogP) is 0.892. The molecule has 6 nitrogen and oxygen atoms in total. The number of carboxylic acid groups (broad SMARTS) is 1. The second kappa shape index (κ2) is 8.26. The van der Waals surface area contributed by atoms with Crippen molar-refractivity contribution in [2.45, 2.75) is 38.8 Å². The van der Waals surface area contributed by atoms with Crippen molar-refractivity contribution in [1.82, 2.24) is 10.6 Å². The SMILES string of the molecule is CC(C)NCCC(=O)NC(Cc1ccc(O)cc1)C(=O)O. The Bertz CT molecular complexity index is 471. The van der Waals surface area contributed by atoms with Crippen molar-refractivity contribution in [3.05, 3.63) is 29.8 Å². The normalized spacial score (nSPS) is 12.1. The highest BCUT2D eigenvalue weighted by atomic mass is 16.4. The summed E-state index contributed by atoms with van der Waals surface area (Å²) in [5.41, 5.74) is 0.737. The first-order chi connectivity index (χ1) is 9.88. The Kier molecular flexibility index (Phi) is 6.68. The number of rotatable bonds is 8. The van der Waals surface area contributed by atoms with Crippen LogP contribution in [-0.2, 0) is 16.0 Å². The van der Waals surface area contributed by atoms with Crippen LogP contribution in [0.15, 0.2) is 24.3 Å². The first kappa shape index (κ1) is 17.0. The maximum absolute atomic E-state index is 11.7. The van der Waals surface area contributed by atoms with Crippen molar-refractivity contribution in [2.75, 3.05) is 6.54 Å². The lowest BCUT2D eigenvalue weighted by molar-refractivity contribution is -0.141. The average Bonchev–Trinajstić information content (AvgIpc) is 2.40. The molecule has 1 amide bonds. The number of nitrogens with one attached hydrogen (secondary N) is 2. The van der Waals surface area contributed by atoms with Gasteiger partial charge in [0.25, 0.3) is 0 Å². The highest BCUT2D eigenvalue weighted by Gasteiger charge is 2.20. The van der Waals surface area contributed by atoms with E-state index in [1.54, 1.807) is 12.1 Å². The van der Waals surface area contributed by atoms with Gasteiger partial charge in [0.1, 0.15) is 11.8 Å². The lowest BCUT2D eigenvalue weighted by Gasteiger charge is -2.15. The van der Waals surface area contributed by atoms with Gasteiger partial charge in [0.15, 0.2) is 0 Å². The molecule has 0 aliphatic heterocycles. The summed E-state index contributed by atoms with van der Waals surface area (Å²) in [5.74, 6) is -1.25. The summed E-state index contributed by atoms with van der Waals surface area (Å²) in [7, 11) is 0. The fourth-order valence-electron chi connectivity index (χ4n) is 1.81. The van der Waals surface area contributed by atoms with Crippen molar-refractivity contribution >= 4 is 11.9 Å². The number of hydrogen-bond donors (Lipinski definition) is 4. The summed E-state index contributed by atoms with van der Waals surface area (Å²) in [4.78, 5) is 22.9. The molecule has 0 heterocycles. The van der Waals surface area contributed by atoms with Gasteiger partial charge < -0.3 is 20.8 Å². The van der Waals surface area contributed by atoms with Crippen LogP contribution in [0.1, 0.15) is 25.8 Å². The van der Waals surface area contributed by atoms with E-state index in [4.69, 9.17) is 0 Å². The van der Waals surface area contributed by atoms with E-state index in [1.807, 2.05) is 13.8 Å². The summed E-state index contributed by atoms with van der Waals surface area (Å²) >= 11 is 0. The third-order valence-corrected chi connectivity index (χ3v) is 2.91. The van der Waals surface area contributed by atoms with Gasteiger partial charge in [-0.2, -0.15) is 0 Å². The van der Waals surface area contributed by atoms with E-state index in [-0.39, 0.29) is 30.5 Å². The molecule has 0 aliphatic rings. The summed E-state index contributed by atoms with van der Waals surface area (Å²) in [6, 6.07) is 5.56. The molecule has 21 heavy (non-hydrogen) atoms. The minimum atomic E-state index is -1.08. The minimum absolute atomic E-state index is 0.120. The summed E-state index contributed by atoms with van der Waals surface area (Å²) in [6.07, 6.45) is 0.413. The molecule has 6 heteroatoms. The first-order valence-corrected chi connectivity index (χ1v) is 6.92. The van der Waals surface area contributed by atoms with E-state index in [9.17, 15) is 19.8 Å². The molecule has 1 atom stereocenters. The molecule has 1 rings (SSSR count). The average molecular weight is 294 g/mol. The van der Waals surface area contributed by atoms with Gasteiger partial charge in [0.2, 0.25) is 5.91 Å². The van der Waals surface area contributed by atoms with Crippen LogP contribution >= 0.6 is 0 Å². The Morgan fingerprint density at radius 2 is 1.81 bits per heavy atom. The Morgan fingerprint density at radius 1 is 1.19 bits per heavy atom. The molecule has 0 saturated heterocycles. The molecule has 1 aromatic rings. The number of carbonyl (C=O) groups is 2. The van der Waals surface area contributed by atoms with E-state index in [2.05, 4.69) is 10.6 Å². The van der Waals surface area contributed by atoms with Gasteiger partial charge in [-0.15, -0.1) is 0 Å². The zero-order valence-electron chi connectivity index (χ0n) is 12.3. The summed E-state index contributed by atoms with van der Waals surface area (Å²) in [6.45, 7) is 4.46. The van der Waals surface area contributed by atoms with Gasteiger partial charge in [0, 0.05) is 25.4 Å². The minimum Gasteiger partial charge on any atom is -0.508 e. The molecule has 116 valence electrons. The zero-order valence-corrected chi connectivity index (χ0v) is 12.3. The van der Waals surface area contributed by atoms with Gasteiger partial charge in [-0.1, -0.05) is 26.0 Å². The lowest BCUT2D eigenvalue weighted by atomic mass is 10.1. The molecule has 0 radical (unpaired) electrons. The van der Waals surface area contributed by atoms with Crippen LogP contribution in [0.25, 0.3) is 0 Å². The Hall–Kier alpha value is -2.08. The number of phenolic OH excluding ortho intramolecular Hbond substituents is 1. The van der Waals surface area contributed by atoms with Crippen molar-refractivity contribution in [2.24, 2.45) is 0 Å². The Labute approximate surface area is 124 Å². The fraction of sp³-hybridized carbons (Fsp3) is 0.467. The molecule has 1 unspecified atom stereocenters. The van der Waals surface area contributed by atoms with Gasteiger partial charge in [-0.05, 0) is 17.7 Å². The molecule has 0 fully saturated rings. The topological polar surface area (TPSA) is 98.7 Å². The number of carbonyl (C=O) groups excluding carboxylic acids is 1. The van der Waals surface area contributed by atoms with Crippen LogP contribution in [0.4, 0.5) is 0 Å². The number of benzene rings is 1. The van der Waals surface area contributed by atoms with Crippen LogP contribution < -0.4 is 10.6 Å². The van der Waals surface area contributed by atoms with E-state index < -0.39 is 12.0 Å². The third-order valence-electron chi connectivity index (χ3n) is 2.91. The lowest BCUT2D eigenvalue weighted by Crippen LogP contribution is -2.43. The second-order valence-corrected chi connectivity index (χ2v) is 5.19. The number of aliphatic carboxylic acids is 1. The maximum atomic E-state index is 11.7. The third kappa shape index (κ3) is 6.76. The fourth-order valence-corrected chi connectivity index (χ4v) is 1.81. The van der Waals surface area contributed by atoms with E-state index >= 15 is 0 Å². The Balaban J connectivity index is 2.51. The molecule has 4 N–H and O–H groups in total. The number of carboxylic acids is 1. The van der Waals surface area contributed by atoms with Gasteiger partial charge >= 0.3 is 5.97 Å². The largest absolute Gasteiger partial charge is 0.508 e. The number of amides is 1. The van der Waals surface area contributed by atoms with Gasteiger partial charge in [-0.3, -0.25) is 4.79 Å². The molecular weight excluding hydrogens is 272 g/mol. The number of phenols is 1. The molecule has 0 aliphatic carbocycles. The maximum Gasteiger partial charge on any atom is 0.326 e. The van der Waals surface area contributed by atoms with Crippen molar-refractivity contribution in [3.8, 4) is 5.75 Å². The highest BCUT2D eigenvalue weighted by Crippen LogP contribution is 2.11. The van der Waals surface area contributed by atoms with Crippen molar-refractivity contribution in [3.63, 3.8) is 0 Å². The first-order valence-electron chi connectivity index (χ1n) is 6.92. The van der Waals surface area contributed by atoms with Crippen LogP contribution in [-0.4, -0.2) is 40.7 Å². The van der Waals surface area contributed by atoms with Crippen LogP contribution in [0, 0.1) is 0 Å².